The van der Waals surface area contributed by atoms with Crippen molar-refractivity contribution < 1.29 is 9.53 Å². The second-order valence-electron chi connectivity index (χ2n) is 5.51. The van der Waals surface area contributed by atoms with E-state index in [1.165, 1.54) is 0 Å². The molecule has 128 valence electrons. The molecule has 8 heteroatoms. The van der Waals surface area contributed by atoms with Gasteiger partial charge in [0, 0.05) is 35.7 Å². The predicted octanol–water partition coefficient (Wildman–Crippen LogP) is 3.61. The molecule has 0 bridgehead atoms. The van der Waals surface area contributed by atoms with Gasteiger partial charge in [0.2, 0.25) is 0 Å². The quantitative estimate of drug-likeness (QED) is 0.853. The van der Waals surface area contributed by atoms with E-state index < -0.39 is 0 Å². The fraction of sp³-hybridized carbons (Fsp3) is 0.375. The number of halogens is 2. The van der Waals surface area contributed by atoms with Gasteiger partial charge in [-0.25, -0.2) is 4.98 Å². The van der Waals surface area contributed by atoms with Crippen molar-refractivity contribution in [2.45, 2.75) is 18.9 Å². The van der Waals surface area contributed by atoms with Crippen LogP contribution in [-0.4, -0.2) is 36.6 Å². The minimum absolute atomic E-state index is 0.0615. The number of nitrogens with one attached hydrogen (secondary N) is 1. The molecule has 3 rings (SSSR count). The lowest BCUT2D eigenvalue weighted by atomic mass is 10.1. The minimum Gasteiger partial charge on any atom is -0.482 e. The standard InChI is InChI=1S/C16H17Cl2N3O2S/c17-11-1-2-14(13(18)9-11)23-10-15(22)20-12-3-6-21(7-4-12)16-19-5-8-24-16/h1-2,5,8-9,12H,3-4,6-7,10H2,(H,20,22). The molecule has 1 amide bonds. The van der Waals surface area contributed by atoms with Gasteiger partial charge in [-0.1, -0.05) is 23.2 Å². The molecule has 1 aromatic carbocycles. The summed E-state index contributed by atoms with van der Waals surface area (Å²) in [4.78, 5) is 18.6. The summed E-state index contributed by atoms with van der Waals surface area (Å²) in [6.07, 6.45) is 3.60. The lowest BCUT2D eigenvalue weighted by Gasteiger charge is -2.32. The van der Waals surface area contributed by atoms with Gasteiger partial charge in [0.25, 0.3) is 5.91 Å². The van der Waals surface area contributed by atoms with Crippen molar-refractivity contribution >= 4 is 45.6 Å². The maximum atomic E-state index is 12.0. The summed E-state index contributed by atoms with van der Waals surface area (Å²) >= 11 is 13.5. The van der Waals surface area contributed by atoms with Crippen molar-refractivity contribution in [3.8, 4) is 5.75 Å². The Labute approximate surface area is 154 Å². The molecule has 1 N–H and O–H groups in total. The number of hydrogen-bond acceptors (Lipinski definition) is 5. The molecule has 5 nitrogen and oxygen atoms in total. The van der Waals surface area contributed by atoms with E-state index >= 15 is 0 Å². The Hall–Kier alpha value is -1.50. The largest absolute Gasteiger partial charge is 0.482 e. The van der Waals surface area contributed by atoms with Crippen LogP contribution >= 0.6 is 34.5 Å². The highest BCUT2D eigenvalue weighted by Crippen LogP contribution is 2.27. The molecular formula is C16H17Cl2N3O2S. The Balaban J connectivity index is 1.43. The maximum absolute atomic E-state index is 12.0. The van der Waals surface area contributed by atoms with E-state index in [1.54, 1.807) is 29.5 Å². The van der Waals surface area contributed by atoms with Gasteiger partial charge in [-0.05, 0) is 31.0 Å². The summed E-state index contributed by atoms with van der Waals surface area (Å²) in [5.41, 5.74) is 0. The van der Waals surface area contributed by atoms with E-state index in [-0.39, 0.29) is 18.6 Å². The summed E-state index contributed by atoms with van der Waals surface area (Å²) in [5.74, 6) is 0.309. The van der Waals surface area contributed by atoms with Gasteiger partial charge in [-0.15, -0.1) is 11.3 Å². The van der Waals surface area contributed by atoms with Crippen molar-refractivity contribution in [3.63, 3.8) is 0 Å². The second kappa shape index (κ2) is 8.05. The Bertz CT molecular complexity index is 689. The number of aromatic nitrogens is 1. The van der Waals surface area contributed by atoms with E-state index in [4.69, 9.17) is 27.9 Å². The first kappa shape index (κ1) is 17.3. The van der Waals surface area contributed by atoms with Crippen LogP contribution < -0.4 is 15.0 Å². The molecular weight excluding hydrogens is 369 g/mol. The molecule has 1 saturated heterocycles. The van der Waals surface area contributed by atoms with Gasteiger partial charge in [0.05, 0.1) is 5.02 Å². The van der Waals surface area contributed by atoms with Crippen LogP contribution in [0.15, 0.2) is 29.8 Å². The highest BCUT2D eigenvalue weighted by Gasteiger charge is 2.22. The van der Waals surface area contributed by atoms with Crippen LogP contribution in [0.3, 0.4) is 0 Å². The highest BCUT2D eigenvalue weighted by molar-refractivity contribution is 7.13. The van der Waals surface area contributed by atoms with E-state index in [9.17, 15) is 4.79 Å². The number of benzene rings is 1. The summed E-state index contributed by atoms with van der Waals surface area (Å²) in [6.45, 7) is 1.72. The fourth-order valence-corrected chi connectivity index (χ4v) is 3.75. The second-order valence-corrected chi connectivity index (χ2v) is 7.22. The molecule has 1 aliphatic rings. The maximum Gasteiger partial charge on any atom is 0.258 e. The number of nitrogens with zero attached hydrogens (tertiary/aromatic N) is 2. The molecule has 0 radical (unpaired) electrons. The van der Waals surface area contributed by atoms with Gasteiger partial charge in [0.15, 0.2) is 11.7 Å². The first-order chi connectivity index (χ1) is 11.6. The van der Waals surface area contributed by atoms with Gasteiger partial charge >= 0.3 is 0 Å². The van der Waals surface area contributed by atoms with E-state index in [2.05, 4.69) is 15.2 Å². The van der Waals surface area contributed by atoms with Crippen molar-refractivity contribution in [2.24, 2.45) is 0 Å². The lowest BCUT2D eigenvalue weighted by molar-refractivity contribution is -0.123. The number of carbonyl (C=O) groups excluding carboxylic acids is 1. The smallest absolute Gasteiger partial charge is 0.258 e. The average Bonchev–Trinajstić information content (AvgIpc) is 3.09. The van der Waals surface area contributed by atoms with Crippen LogP contribution in [0.1, 0.15) is 12.8 Å². The molecule has 2 heterocycles. The van der Waals surface area contributed by atoms with Gasteiger partial charge in [-0.2, -0.15) is 0 Å². The number of amides is 1. The molecule has 0 atom stereocenters. The normalized spacial score (nSPS) is 15.3. The fourth-order valence-electron chi connectivity index (χ4n) is 2.59. The molecule has 1 fully saturated rings. The summed E-state index contributed by atoms with van der Waals surface area (Å²) in [5, 5.41) is 6.95. The Morgan fingerprint density at radius 2 is 2.17 bits per heavy atom. The van der Waals surface area contributed by atoms with Crippen molar-refractivity contribution in [1.29, 1.82) is 0 Å². The predicted molar refractivity (Wildman–Crippen MR) is 97.4 cm³/mol. The summed E-state index contributed by atoms with van der Waals surface area (Å²) < 4.78 is 5.45. The van der Waals surface area contributed by atoms with Crippen LogP contribution in [0.5, 0.6) is 5.75 Å². The van der Waals surface area contributed by atoms with E-state index in [0.717, 1.165) is 31.1 Å². The Kier molecular flexibility index (Phi) is 5.81. The number of carbonyl (C=O) groups is 1. The van der Waals surface area contributed by atoms with Crippen LogP contribution in [0.25, 0.3) is 0 Å². The molecule has 2 aromatic rings. The Morgan fingerprint density at radius 3 is 2.83 bits per heavy atom. The van der Waals surface area contributed by atoms with Crippen molar-refractivity contribution in [3.05, 3.63) is 39.8 Å². The van der Waals surface area contributed by atoms with Crippen LogP contribution in [0.4, 0.5) is 5.13 Å². The number of rotatable bonds is 5. The van der Waals surface area contributed by atoms with Crippen molar-refractivity contribution in [2.75, 3.05) is 24.6 Å². The van der Waals surface area contributed by atoms with Gasteiger partial charge in [-0.3, -0.25) is 4.79 Å². The van der Waals surface area contributed by atoms with Crippen LogP contribution in [-0.2, 0) is 4.79 Å². The number of ether oxygens (including phenoxy) is 1. The molecule has 1 aromatic heterocycles. The molecule has 1 aliphatic heterocycles. The molecule has 24 heavy (non-hydrogen) atoms. The monoisotopic (exact) mass is 385 g/mol. The third-order valence-corrected chi connectivity index (χ3v) is 5.17. The lowest BCUT2D eigenvalue weighted by Crippen LogP contribution is -2.46. The van der Waals surface area contributed by atoms with Crippen LogP contribution in [0, 0.1) is 0 Å². The van der Waals surface area contributed by atoms with Crippen LogP contribution in [0.2, 0.25) is 10.0 Å². The summed E-state index contributed by atoms with van der Waals surface area (Å²) in [6, 6.07) is 5.09. The zero-order valence-electron chi connectivity index (χ0n) is 12.9. The molecule has 0 saturated carbocycles. The van der Waals surface area contributed by atoms with Gasteiger partial charge in [0.1, 0.15) is 5.75 Å². The number of anilines is 1. The Morgan fingerprint density at radius 1 is 1.38 bits per heavy atom. The molecule has 0 spiro atoms. The zero-order chi connectivity index (χ0) is 16.9. The van der Waals surface area contributed by atoms with Gasteiger partial charge < -0.3 is 15.0 Å². The molecule has 0 unspecified atom stereocenters. The van der Waals surface area contributed by atoms with E-state index in [1.807, 2.05) is 11.6 Å². The SMILES string of the molecule is O=C(COc1ccc(Cl)cc1Cl)NC1CCN(c2nccs2)CC1. The topological polar surface area (TPSA) is 54.5 Å². The first-order valence-electron chi connectivity index (χ1n) is 7.63. The highest BCUT2D eigenvalue weighted by atomic mass is 35.5. The minimum atomic E-state index is -0.145. The number of piperidine rings is 1. The third kappa shape index (κ3) is 4.53. The molecule has 0 aliphatic carbocycles. The summed E-state index contributed by atoms with van der Waals surface area (Å²) in [7, 11) is 0. The average molecular weight is 386 g/mol. The third-order valence-electron chi connectivity index (χ3n) is 3.80. The zero-order valence-corrected chi connectivity index (χ0v) is 15.2. The van der Waals surface area contributed by atoms with E-state index in [0.29, 0.717) is 15.8 Å². The number of thiazole rings is 1. The van der Waals surface area contributed by atoms with Crippen molar-refractivity contribution in [1.82, 2.24) is 10.3 Å². The number of hydrogen-bond donors (Lipinski definition) is 1. The first-order valence-corrected chi connectivity index (χ1v) is 9.27.